The van der Waals surface area contributed by atoms with Crippen LogP contribution in [0.1, 0.15) is 42.5 Å². The van der Waals surface area contributed by atoms with Gasteiger partial charge in [0.25, 0.3) is 16.1 Å². The monoisotopic (exact) mass is 477 g/mol. The Morgan fingerprint density at radius 3 is 2.41 bits per heavy atom. The lowest BCUT2D eigenvalue weighted by Gasteiger charge is -2.38. The van der Waals surface area contributed by atoms with E-state index >= 15 is 0 Å². The van der Waals surface area contributed by atoms with Gasteiger partial charge in [-0.2, -0.15) is 17.0 Å². The summed E-state index contributed by atoms with van der Waals surface area (Å²) in [6.45, 7) is 1.33. The second-order valence-corrected chi connectivity index (χ2v) is 10.4. The minimum atomic E-state index is -3.50. The minimum absolute atomic E-state index is 0.0869. The molecule has 1 heterocycles. The first-order valence-corrected chi connectivity index (χ1v) is 11.8. The van der Waals surface area contributed by atoms with Gasteiger partial charge in [-0.15, -0.1) is 0 Å². The molecule has 1 aliphatic carbocycles. The van der Waals surface area contributed by atoms with E-state index in [0.29, 0.717) is 36.8 Å². The number of piperazine rings is 1. The lowest BCUT2D eigenvalue weighted by Crippen LogP contribution is -2.55. The molecule has 0 aromatic heterocycles. The first-order valence-electron chi connectivity index (χ1n) is 9.28. The third-order valence-electron chi connectivity index (χ3n) is 5.46. The number of rotatable bonds is 4. The molecule has 0 N–H and O–H groups in total. The highest BCUT2D eigenvalue weighted by Crippen LogP contribution is 2.26. The smallest absolute Gasteiger partial charge is 0.282 e. The van der Waals surface area contributed by atoms with Gasteiger partial charge in [-0.3, -0.25) is 4.79 Å². The summed E-state index contributed by atoms with van der Waals surface area (Å²) in [5.41, 5.74) is 0.432. The predicted molar refractivity (Wildman–Crippen MR) is 110 cm³/mol. The molecule has 2 aliphatic rings. The maximum absolute atomic E-state index is 13.0. The van der Waals surface area contributed by atoms with Crippen LogP contribution in [0.25, 0.3) is 0 Å². The number of halogens is 2. The average Bonchev–Trinajstić information content (AvgIpc) is 2.69. The molecule has 1 aromatic carbocycles. The molecule has 1 saturated carbocycles. The molecule has 0 spiro atoms. The number of nitrogens with zero attached hydrogens (tertiary/aromatic N) is 3. The van der Waals surface area contributed by atoms with Gasteiger partial charge in [-0.1, -0.05) is 46.8 Å². The summed E-state index contributed by atoms with van der Waals surface area (Å²) in [6.07, 6.45) is 5.20. The fraction of sp³-hybridized carbons (Fsp3) is 0.611. The molecule has 9 heteroatoms. The number of hydrogen-bond acceptors (Lipinski definition) is 3. The van der Waals surface area contributed by atoms with Crippen LogP contribution in [0.2, 0.25) is 5.02 Å². The van der Waals surface area contributed by atoms with Gasteiger partial charge < -0.3 is 4.90 Å². The zero-order valence-electron chi connectivity index (χ0n) is 15.4. The summed E-state index contributed by atoms with van der Waals surface area (Å²) in [4.78, 5) is 14.4. The number of benzene rings is 1. The molecule has 0 radical (unpaired) electrons. The Kier molecular flexibility index (Phi) is 6.84. The van der Waals surface area contributed by atoms with Gasteiger partial charge >= 0.3 is 0 Å². The van der Waals surface area contributed by atoms with Gasteiger partial charge in [-0.25, -0.2) is 0 Å². The van der Waals surface area contributed by atoms with E-state index in [9.17, 15) is 13.2 Å². The van der Waals surface area contributed by atoms with Crippen molar-refractivity contribution in [2.75, 3.05) is 33.2 Å². The number of carbonyl (C=O) groups is 1. The highest BCUT2D eigenvalue weighted by molar-refractivity contribution is 9.10. The van der Waals surface area contributed by atoms with Gasteiger partial charge in [0.15, 0.2) is 0 Å². The van der Waals surface area contributed by atoms with Gasteiger partial charge in [0, 0.05) is 43.7 Å². The molecule has 6 nitrogen and oxygen atoms in total. The summed E-state index contributed by atoms with van der Waals surface area (Å²) >= 11 is 9.51. The lowest BCUT2D eigenvalue weighted by atomic mass is 9.96. The van der Waals surface area contributed by atoms with E-state index in [1.54, 1.807) is 30.1 Å². The summed E-state index contributed by atoms with van der Waals surface area (Å²) < 4.78 is 29.7. The summed E-state index contributed by atoms with van der Waals surface area (Å²) in [5.74, 6) is -0.168. The van der Waals surface area contributed by atoms with Crippen LogP contribution < -0.4 is 0 Å². The normalized spacial score (nSPS) is 20.2. The molecule has 2 fully saturated rings. The Morgan fingerprint density at radius 2 is 1.78 bits per heavy atom. The second-order valence-electron chi connectivity index (χ2n) is 7.13. The molecule has 1 aromatic rings. The predicted octanol–water partition coefficient (Wildman–Crippen LogP) is 3.37. The summed E-state index contributed by atoms with van der Waals surface area (Å²) in [5, 5.41) is 0.398. The van der Waals surface area contributed by atoms with Crippen molar-refractivity contribution in [2.45, 2.75) is 38.1 Å². The van der Waals surface area contributed by atoms with Crippen LogP contribution in [0.3, 0.4) is 0 Å². The van der Waals surface area contributed by atoms with Crippen LogP contribution in [0, 0.1) is 0 Å². The molecule has 150 valence electrons. The largest absolute Gasteiger partial charge is 0.336 e. The molecular weight excluding hydrogens is 454 g/mol. The standard InChI is InChI=1S/C18H25BrClN3O3S/c1-21(15-5-3-2-4-6-15)27(25,26)23-11-9-22(10-12-23)18(24)16-13-14(19)7-8-17(16)20/h7-8,13,15H,2-6,9-12H2,1H3. The fourth-order valence-electron chi connectivity index (χ4n) is 3.77. The third-order valence-corrected chi connectivity index (χ3v) is 8.33. The van der Waals surface area contributed by atoms with Gasteiger partial charge in [0.1, 0.15) is 0 Å². The summed E-state index contributed by atoms with van der Waals surface area (Å²) in [6, 6.07) is 5.25. The number of carbonyl (C=O) groups excluding carboxylic acids is 1. The molecule has 0 bridgehead atoms. The highest BCUT2D eigenvalue weighted by atomic mass is 79.9. The zero-order chi connectivity index (χ0) is 19.6. The van der Waals surface area contributed by atoms with E-state index < -0.39 is 10.2 Å². The first kappa shape index (κ1) is 21.0. The molecule has 1 amide bonds. The molecule has 0 atom stereocenters. The van der Waals surface area contributed by atoms with Crippen LogP contribution in [0.4, 0.5) is 0 Å². The van der Waals surface area contributed by atoms with Crippen molar-refractivity contribution in [1.29, 1.82) is 0 Å². The van der Waals surface area contributed by atoms with Crippen molar-refractivity contribution < 1.29 is 13.2 Å². The Labute approximate surface area is 174 Å². The lowest BCUT2D eigenvalue weighted by molar-refractivity contribution is 0.0693. The van der Waals surface area contributed by atoms with E-state index in [1.165, 1.54) is 15.0 Å². The molecular formula is C18H25BrClN3O3S. The van der Waals surface area contributed by atoms with Crippen molar-refractivity contribution in [2.24, 2.45) is 0 Å². The van der Waals surface area contributed by atoms with E-state index in [0.717, 1.165) is 30.2 Å². The van der Waals surface area contributed by atoms with Gasteiger partial charge in [0.2, 0.25) is 0 Å². The SMILES string of the molecule is CN(C1CCCCC1)S(=O)(=O)N1CCN(C(=O)c2cc(Br)ccc2Cl)CC1. The Bertz CT molecular complexity index is 791. The molecule has 3 rings (SSSR count). The van der Waals surface area contributed by atoms with Crippen LogP contribution in [-0.4, -0.2) is 67.1 Å². The summed E-state index contributed by atoms with van der Waals surface area (Å²) in [7, 11) is -1.81. The maximum atomic E-state index is 13.0. The third kappa shape index (κ3) is 4.67. The molecule has 27 heavy (non-hydrogen) atoms. The van der Waals surface area contributed by atoms with E-state index in [2.05, 4.69) is 15.9 Å². The fourth-order valence-corrected chi connectivity index (χ4v) is 5.90. The second kappa shape index (κ2) is 8.78. The number of hydrogen-bond donors (Lipinski definition) is 0. The molecule has 1 aliphatic heterocycles. The topological polar surface area (TPSA) is 60.9 Å². The highest BCUT2D eigenvalue weighted by Gasteiger charge is 2.35. The molecule has 1 saturated heterocycles. The van der Waals surface area contributed by atoms with Crippen molar-refractivity contribution in [3.05, 3.63) is 33.3 Å². The van der Waals surface area contributed by atoms with E-state index in [1.807, 2.05) is 0 Å². The van der Waals surface area contributed by atoms with Crippen LogP contribution in [0.5, 0.6) is 0 Å². The van der Waals surface area contributed by atoms with E-state index in [-0.39, 0.29) is 11.9 Å². The quantitative estimate of drug-likeness (QED) is 0.666. The Balaban J connectivity index is 1.64. The van der Waals surface area contributed by atoms with Gasteiger partial charge in [0.05, 0.1) is 10.6 Å². The molecule has 0 unspecified atom stereocenters. The van der Waals surface area contributed by atoms with Crippen molar-refractivity contribution >= 4 is 43.6 Å². The van der Waals surface area contributed by atoms with Crippen molar-refractivity contribution in [1.82, 2.24) is 13.5 Å². The zero-order valence-corrected chi connectivity index (χ0v) is 18.6. The number of amides is 1. The Morgan fingerprint density at radius 1 is 1.15 bits per heavy atom. The van der Waals surface area contributed by atoms with E-state index in [4.69, 9.17) is 11.6 Å². The van der Waals surface area contributed by atoms with Crippen LogP contribution >= 0.6 is 27.5 Å². The first-order chi connectivity index (χ1) is 12.8. The van der Waals surface area contributed by atoms with Crippen LogP contribution in [0.15, 0.2) is 22.7 Å². The van der Waals surface area contributed by atoms with Crippen molar-refractivity contribution in [3.63, 3.8) is 0 Å². The van der Waals surface area contributed by atoms with Gasteiger partial charge in [-0.05, 0) is 31.0 Å². The van der Waals surface area contributed by atoms with Crippen LogP contribution in [-0.2, 0) is 10.2 Å². The minimum Gasteiger partial charge on any atom is -0.336 e. The van der Waals surface area contributed by atoms with Crippen molar-refractivity contribution in [3.8, 4) is 0 Å². The Hall–Kier alpha value is -0.670. The average molecular weight is 479 g/mol. The maximum Gasteiger partial charge on any atom is 0.282 e.